The second-order valence-corrected chi connectivity index (χ2v) is 8.97. The molecule has 0 fully saturated rings. The van der Waals surface area contributed by atoms with Crippen molar-refractivity contribution < 1.29 is 8.85 Å². The maximum atomic E-state index is 6.24. The van der Waals surface area contributed by atoms with Crippen molar-refractivity contribution in [2.75, 3.05) is 6.61 Å². The fourth-order valence-corrected chi connectivity index (χ4v) is 4.37. The topological polar surface area (TPSA) is 18.5 Å². The molecular formula is C15H25ClO2Si. The Balaban J connectivity index is 2.78. The van der Waals surface area contributed by atoms with Gasteiger partial charge in [-0.25, -0.2) is 0 Å². The molecule has 0 saturated carbocycles. The average Bonchev–Trinajstić information content (AvgIpc) is 2.42. The number of hydrogen-bond donors (Lipinski definition) is 0. The van der Waals surface area contributed by atoms with Crippen molar-refractivity contribution >= 4 is 20.2 Å². The van der Waals surface area contributed by atoms with Crippen LogP contribution in [0, 0.1) is 6.92 Å². The molecule has 0 aliphatic carbocycles. The molecule has 0 spiro atoms. The van der Waals surface area contributed by atoms with E-state index >= 15 is 0 Å². The van der Waals surface area contributed by atoms with E-state index in [1.54, 1.807) is 0 Å². The zero-order valence-electron chi connectivity index (χ0n) is 12.5. The van der Waals surface area contributed by atoms with E-state index in [4.69, 9.17) is 20.5 Å². The highest BCUT2D eigenvalue weighted by molar-refractivity contribution is 6.68. The van der Waals surface area contributed by atoms with Crippen LogP contribution < -0.4 is 4.43 Å². The smallest absolute Gasteiger partial charge is 0.398 e. The molecule has 19 heavy (non-hydrogen) atoms. The van der Waals surface area contributed by atoms with Crippen molar-refractivity contribution in [2.24, 2.45) is 0 Å². The number of unbranched alkanes of at least 4 members (excludes halogenated alkanes) is 1. The first-order valence-corrected chi connectivity index (χ1v) is 9.77. The molecule has 0 aromatic heterocycles. The Labute approximate surface area is 123 Å². The number of rotatable bonds is 8. The fraction of sp³-hybridized carbons (Fsp3) is 0.600. The maximum Gasteiger partial charge on any atom is 0.398 e. The van der Waals surface area contributed by atoms with Crippen LogP contribution in [-0.2, 0) is 4.43 Å². The molecule has 0 saturated heterocycles. The van der Waals surface area contributed by atoms with Gasteiger partial charge in [-0.05, 0) is 49.2 Å². The predicted molar refractivity (Wildman–Crippen MR) is 84.4 cm³/mol. The van der Waals surface area contributed by atoms with Crippen LogP contribution in [-0.4, -0.2) is 15.2 Å². The first kappa shape index (κ1) is 16.5. The van der Waals surface area contributed by atoms with Crippen LogP contribution in [0.1, 0.15) is 39.2 Å². The van der Waals surface area contributed by atoms with Gasteiger partial charge in [0.1, 0.15) is 5.75 Å². The van der Waals surface area contributed by atoms with Gasteiger partial charge in [0.15, 0.2) is 0 Å². The summed E-state index contributed by atoms with van der Waals surface area (Å²) in [5, 5.41) is 0.777. The molecule has 1 rings (SSSR count). The van der Waals surface area contributed by atoms with Gasteiger partial charge in [0.25, 0.3) is 0 Å². The number of benzene rings is 1. The summed E-state index contributed by atoms with van der Waals surface area (Å²) in [4.78, 5) is 0. The minimum absolute atomic E-state index is 0.777. The highest BCUT2D eigenvalue weighted by Crippen LogP contribution is 2.27. The summed E-state index contributed by atoms with van der Waals surface area (Å²) in [6.45, 7) is 9.29. The van der Waals surface area contributed by atoms with Gasteiger partial charge in [0.2, 0.25) is 0 Å². The third-order valence-electron chi connectivity index (χ3n) is 3.37. The molecule has 0 amide bonds. The van der Waals surface area contributed by atoms with Crippen LogP contribution in [0.2, 0.25) is 17.1 Å². The SMILES string of the molecule is CCCCO[Si](CC)(CC)Oc1ccc(Cl)c(C)c1. The molecule has 0 aliphatic rings. The molecule has 0 radical (unpaired) electrons. The van der Waals surface area contributed by atoms with Crippen LogP contribution in [0.15, 0.2) is 18.2 Å². The van der Waals surface area contributed by atoms with Crippen LogP contribution in [0.4, 0.5) is 0 Å². The largest absolute Gasteiger partial charge is 0.520 e. The predicted octanol–water partition coefficient (Wildman–Crippen LogP) is 5.33. The average molecular weight is 301 g/mol. The molecule has 1 aromatic rings. The van der Waals surface area contributed by atoms with E-state index < -0.39 is 8.56 Å². The van der Waals surface area contributed by atoms with Crippen molar-refractivity contribution in [3.8, 4) is 5.75 Å². The Hall–Kier alpha value is -0.513. The summed E-state index contributed by atoms with van der Waals surface area (Å²) in [6, 6.07) is 7.76. The van der Waals surface area contributed by atoms with Crippen molar-refractivity contribution in [3.05, 3.63) is 28.8 Å². The Morgan fingerprint density at radius 1 is 1.16 bits per heavy atom. The molecule has 0 bridgehead atoms. The molecule has 0 atom stereocenters. The Morgan fingerprint density at radius 3 is 2.37 bits per heavy atom. The molecule has 0 heterocycles. The highest BCUT2D eigenvalue weighted by Gasteiger charge is 2.35. The normalized spacial score (nSPS) is 11.6. The quantitative estimate of drug-likeness (QED) is 0.477. The van der Waals surface area contributed by atoms with Gasteiger partial charge in [-0.15, -0.1) is 0 Å². The molecule has 108 valence electrons. The Kier molecular flexibility index (Phi) is 6.90. The summed E-state index contributed by atoms with van der Waals surface area (Å²) in [7, 11) is -2.10. The lowest BCUT2D eigenvalue weighted by Crippen LogP contribution is -2.44. The fourth-order valence-electron chi connectivity index (χ4n) is 1.93. The van der Waals surface area contributed by atoms with Crippen molar-refractivity contribution in [1.82, 2.24) is 0 Å². The lowest BCUT2D eigenvalue weighted by molar-refractivity contribution is 0.233. The molecule has 2 nitrogen and oxygen atoms in total. The maximum absolute atomic E-state index is 6.24. The number of aryl methyl sites for hydroxylation is 1. The minimum atomic E-state index is -2.10. The van der Waals surface area contributed by atoms with Gasteiger partial charge in [-0.1, -0.05) is 38.8 Å². The van der Waals surface area contributed by atoms with E-state index in [1.807, 2.05) is 25.1 Å². The second-order valence-electron chi connectivity index (χ2n) is 4.83. The third kappa shape index (κ3) is 4.82. The molecule has 0 unspecified atom stereocenters. The summed E-state index contributed by atoms with van der Waals surface area (Å²) in [5.41, 5.74) is 1.04. The summed E-state index contributed by atoms with van der Waals surface area (Å²) < 4.78 is 12.4. The summed E-state index contributed by atoms with van der Waals surface area (Å²) in [6.07, 6.45) is 2.25. The molecule has 1 aromatic carbocycles. The van der Waals surface area contributed by atoms with Crippen molar-refractivity contribution in [3.63, 3.8) is 0 Å². The van der Waals surface area contributed by atoms with Gasteiger partial charge in [-0.2, -0.15) is 0 Å². The molecule has 0 aliphatic heterocycles. The van der Waals surface area contributed by atoms with Crippen LogP contribution >= 0.6 is 11.6 Å². The van der Waals surface area contributed by atoms with Gasteiger partial charge < -0.3 is 8.85 Å². The first-order valence-electron chi connectivity index (χ1n) is 7.16. The Bertz CT molecular complexity index is 392. The van der Waals surface area contributed by atoms with Gasteiger partial charge in [0, 0.05) is 11.6 Å². The number of hydrogen-bond acceptors (Lipinski definition) is 2. The van der Waals surface area contributed by atoms with Gasteiger partial charge in [-0.3, -0.25) is 0 Å². The van der Waals surface area contributed by atoms with E-state index in [-0.39, 0.29) is 0 Å². The lowest BCUT2D eigenvalue weighted by Gasteiger charge is -2.29. The van der Waals surface area contributed by atoms with Gasteiger partial charge >= 0.3 is 8.56 Å². The zero-order valence-corrected chi connectivity index (χ0v) is 14.2. The van der Waals surface area contributed by atoms with Crippen molar-refractivity contribution in [1.29, 1.82) is 0 Å². The summed E-state index contributed by atoms with van der Waals surface area (Å²) in [5.74, 6) is 0.883. The molecule has 0 N–H and O–H groups in total. The summed E-state index contributed by atoms with van der Waals surface area (Å²) >= 11 is 6.05. The second kappa shape index (κ2) is 7.93. The molecular weight excluding hydrogens is 276 g/mol. The Morgan fingerprint density at radius 2 is 1.84 bits per heavy atom. The lowest BCUT2D eigenvalue weighted by atomic mass is 10.2. The van der Waals surface area contributed by atoms with E-state index in [9.17, 15) is 0 Å². The van der Waals surface area contributed by atoms with E-state index in [2.05, 4.69) is 20.8 Å². The standard InChI is InChI=1S/C15H25ClO2Si/c1-5-8-11-17-19(6-2,7-3)18-14-9-10-15(16)13(4)12-14/h9-10,12H,5-8,11H2,1-4H3. The highest BCUT2D eigenvalue weighted by atomic mass is 35.5. The molecule has 4 heteroatoms. The van der Waals surface area contributed by atoms with E-state index in [0.717, 1.165) is 47.9 Å². The third-order valence-corrected chi connectivity index (χ3v) is 7.29. The van der Waals surface area contributed by atoms with Gasteiger partial charge in [0.05, 0.1) is 0 Å². The minimum Gasteiger partial charge on any atom is -0.520 e. The monoisotopic (exact) mass is 300 g/mol. The van der Waals surface area contributed by atoms with Crippen LogP contribution in [0.25, 0.3) is 0 Å². The van der Waals surface area contributed by atoms with Crippen LogP contribution in [0.3, 0.4) is 0 Å². The first-order chi connectivity index (χ1) is 9.06. The zero-order chi connectivity index (χ0) is 14.3. The number of halogens is 1. The van der Waals surface area contributed by atoms with Crippen LogP contribution in [0.5, 0.6) is 5.75 Å². The van der Waals surface area contributed by atoms with E-state index in [1.165, 1.54) is 0 Å². The van der Waals surface area contributed by atoms with E-state index in [0.29, 0.717) is 0 Å². The van der Waals surface area contributed by atoms with Crippen molar-refractivity contribution in [2.45, 2.75) is 52.6 Å².